The van der Waals surface area contributed by atoms with Crippen molar-refractivity contribution in [2.24, 2.45) is 0 Å². The average molecular weight is 722 g/mol. The minimum Gasteiger partial charge on any atom is -0.456 e. The van der Waals surface area contributed by atoms with Gasteiger partial charge in [-0.25, -0.2) is 15.0 Å². The Hall–Kier alpha value is -7.15. The van der Waals surface area contributed by atoms with E-state index in [2.05, 4.69) is 121 Å². The van der Waals surface area contributed by atoms with Gasteiger partial charge in [0.25, 0.3) is 0 Å². The van der Waals surface area contributed by atoms with Gasteiger partial charge in [-0.3, -0.25) is 0 Å². The van der Waals surface area contributed by atoms with Gasteiger partial charge in [0, 0.05) is 58.4 Å². The largest absolute Gasteiger partial charge is 0.456 e. The highest BCUT2D eigenvalue weighted by atomic mass is 32.1. The molecule has 0 fully saturated rings. The molecule has 55 heavy (non-hydrogen) atoms. The number of hydrogen-bond acceptors (Lipinski definition) is 6. The van der Waals surface area contributed by atoms with Crippen LogP contribution in [0.3, 0.4) is 0 Å². The Morgan fingerprint density at radius 3 is 1.55 bits per heavy atom. The second-order valence-electron chi connectivity index (χ2n) is 13.8. The molecule has 0 atom stereocenters. The molecule has 0 aliphatic carbocycles. The van der Waals surface area contributed by atoms with E-state index in [1.165, 1.54) is 25.7 Å². The second kappa shape index (κ2) is 11.7. The molecule has 0 aliphatic heterocycles. The van der Waals surface area contributed by atoms with Crippen LogP contribution in [-0.4, -0.2) is 15.0 Å². The van der Waals surface area contributed by atoms with Crippen LogP contribution in [0.5, 0.6) is 0 Å². The normalized spacial score (nSPS) is 12.0. The molecule has 0 saturated heterocycles. The molecule has 0 radical (unpaired) electrons. The first-order valence-electron chi connectivity index (χ1n) is 18.3. The zero-order chi connectivity index (χ0) is 36.0. The van der Waals surface area contributed by atoms with E-state index in [-0.39, 0.29) is 0 Å². The van der Waals surface area contributed by atoms with Gasteiger partial charge in [0.05, 0.1) is 0 Å². The monoisotopic (exact) mass is 721 g/mol. The van der Waals surface area contributed by atoms with Crippen molar-refractivity contribution >= 4 is 86.2 Å². The molecule has 0 spiro atoms. The van der Waals surface area contributed by atoms with Crippen molar-refractivity contribution in [3.63, 3.8) is 0 Å². The summed E-state index contributed by atoms with van der Waals surface area (Å²) in [6.07, 6.45) is 0. The molecule has 0 aliphatic rings. The number of furan rings is 2. The standard InChI is InChI=1S/C49H27N3O2S/c1-2-14-29-28(12-1)13-7-19-32(29)47-50-48(35-20-9-23-38-43(35)33-15-3-5-22-37(33)53-38)52-49(51-47)36-21-10-25-40-46(36)45-31(17-8-24-39(45)54-40)30-18-11-27-42-44(30)34-16-4-6-26-41(34)55-42/h1-27H. The van der Waals surface area contributed by atoms with Crippen LogP contribution < -0.4 is 0 Å². The number of aromatic nitrogens is 3. The van der Waals surface area contributed by atoms with Crippen molar-refractivity contribution in [3.8, 4) is 45.3 Å². The van der Waals surface area contributed by atoms with E-state index in [0.717, 1.165) is 76.9 Å². The summed E-state index contributed by atoms with van der Waals surface area (Å²) in [5, 5.41) is 8.70. The van der Waals surface area contributed by atoms with Gasteiger partial charge in [-0.05, 0) is 58.3 Å². The Labute approximate surface area is 317 Å². The minimum atomic E-state index is 0.569. The highest BCUT2D eigenvalue weighted by molar-refractivity contribution is 7.25. The van der Waals surface area contributed by atoms with Crippen molar-refractivity contribution in [3.05, 3.63) is 164 Å². The molecular weight excluding hydrogens is 695 g/mol. The lowest BCUT2D eigenvalue weighted by Crippen LogP contribution is -2.01. The zero-order valence-electron chi connectivity index (χ0n) is 29.2. The number of nitrogens with zero attached hydrogens (tertiary/aromatic N) is 3. The maximum atomic E-state index is 6.66. The minimum absolute atomic E-state index is 0.569. The highest BCUT2D eigenvalue weighted by Crippen LogP contribution is 2.46. The number of benzene rings is 8. The summed E-state index contributed by atoms with van der Waals surface area (Å²) >= 11 is 1.83. The third kappa shape index (κ3) is 4.55. The summed E-state index contributed by atoms with van der Waals surface area (Å²) in [5.41, 5.74) is 8.18. The summed E-state index contributed by atoms with van der Waals surface area (Å²) in [6.45, 7) is 0. The molecule has 8 aromatic carbocycles. The molecule has 5 nitrogen and oxygen atoms in total. The van der Waals surface area contributed by atoms with E-state index in [1.807, 2.05) is 53.8 Å². The average Bonchev–Trinajstić information content (AvgIpc) is 3.94. The number of para-hydroxylation sites is 1. The van der Waals surface area contributed by atoms with Crippen LogP contribution in [0.2, 0.25) is 0 Å². The quantitative estimate of drug-likeness (QED) is 0.181. The van der Waals surface area contributed by atoms with Crippen LogP contribution in [0.4, 0.5) is 0 Å². The van der Waals surface area contributed by atoms with Gasteiger partial charge < -0.3 is 8.83 Å². The molecule has 0 N–H and O–H groups in total. The Morgan fingerprint density at radius 2 is 0.764 bits per heavy atom. The molecule has 0 bridgehead atoms. The van der Waals surface area contributed by atoms with Crippen LogP contribution in [0.15, 0.2) is 173 Å². The van der Waals surface area contributed by atoms with Crippen molar-refractivity contribution < 1.29 is 8.83 Å². The Balaban J connectivity index is 1.18. The van der Waals surface area contributed by atoms with Gasteiger partial charge in [0.15, 0.2) is 17.5 Å². The van der Waals surface area contributed by atoms with Crippen molar-refractivity contribution in [1.29, 1.82) is 0 Å². The van der Waals surface area contributed by atoms with E-state index in [9.17, 15) is 0 Å². The fourth-order valence-electron chi connectivity index (χ4n) is 8.40. The fourth-order valence-corrected chi connectivity index (χ4v) is 9.53. The Bertz CT molecular complexity index is 3510. The van der Waals surface area contributed by atoms with Gasteiger partial charge in [-0.15, -0.1) is 11.3 Å². The first-order chi connectivity index (χ1) is 27.3. The van der Waals surface area contributed by atoms with Crippen LogP contribution in [0.25, 0.3) is 120 Å². The Kier molecular flexibility index (Phi) is 6.44. The molecule has 12 rings (SSSR count). The first kappa shape index (κ1) is 30.3. The predicted octanol–water partition coefficient (Wildman–Crippen LogP) is 13.9. The second-order valence-corrected chi connectivity index (χ2v) is 14.9. The number of rotatable bonds is 4. The maximum absolute atomic E-state index is 6.66. The lowest BCUT2D eigenvalue weighted by atomic mass is 9.94. The third-order valence-corrected chi connectivity index (χ3v) is 11.9. The highest BCUT2D eigenvalue weighted by Gasteiger charge is 2.23. The number of thiophene rings is 1. The molecule has 0 amide bonds. The Morgan fingerprint density at radius 1 is 0.309 bits per heavy atom. The fraction of sp³-hybridized carbons (Fsp3) is 0. The van der Waals surface area contributed by atoms with Crippen molar-refractivity contribution in [2.75, 3.05) is 0 Å². The molecular formula is C49H27N3O2S. The molecule has 0 unspecified atom stereocenters. The van der Waals surface area contributed by atoms with Gasteiger partial charge in [-0.1, -0.05) is 127 Å². The van der Waals surface area contributed by atoms with E-state index in [4.69, 9.17) is 23.8 Å². The maximum Gasteiger partial charge on any atom is 0.164 e. The molecule has 6 heteroatoms. The van der Waals surface area contributed by atoms with Gasteiger partial charge in [0.2, 0.25) is 0 Å². The van der Waals surface area contributed by atoms with Crippen LogP contribution in [0, 0.1) is 0 Å². The van der Waals surface area contributed by atoms with Crippen LogP contribution >= 0.6 is 11.3 Å². The van der Waals surface area contributed by atoms with Gasteiger partial charge in [0.1, 0.15) is 22.3 Å². The molecule has 4 aromatic heterocycles. The van der Waals surface area contributed by atoms with E-state index in [0.29, 0.717) is 17.5 Å². The van der Waals surface area contributed by atoms with E-state index >= 15 is 0 Å². The molecule has 0 saturated carbocycles. The summed E-state index contributed by atoms with van der Waals surface area (Å²) < 4.78 is 15.5. The first-order valence-corrected chi connectivity index (χ1v) is 19.1. The molecule has 256 valence electrons. The topological polar surface area (TPSA) is 65.0 Å². The number of fused-ring (bicyclic) bond motifs is 10. The van der Waals surface area contributed by atoms with Crippen molar-refractivity contribution in [2.45, 2.75) is 0 Å². The lowest BCUT2D eigenvalue weighted by Gasteiger charge is -2.12. The third-order valence-electron chi connectivity index (χ3n) is 10.8. The van der Waals surface area contributed by atoms with Crippen LogP contribution in [0.1, 0.15) is 0 Å². The SMILES string of the molecule is c1ccc2c(-c3nc(-c4cccc5oc6ccccc6c45)nc(-c4cccc5oc6cccc(-c7cccc8sc9ccccc9c78)c6c45)n3)cccc2c1. The van der Waals surface area contributed by atoms with Gasteiger partial charge in [-0.2, -0.15) is 0 Å². The van der Waals surface area contributed by atoms with E-state index in [1.54, 1.807) is 0 Å². The molecule has 12 aromatic rings. The molecule has 4 heterocycles. The smallest absolute Gasteiger partial charge is 0.164 e. The van der Waals surface area contributed by atoms with Crippen LogP contribution in [-0.2, 0) is 0 Å². The predicted molar refractivity (Wildman–Crippen MR) is 227 cm³/mol. The zero-order valence-corrected chi connectivity index (χ0v) is 30.0. The van der Waals surface area contributed by atoms with E-state index < -0.39 is 0 Å². The van der Waals surface area contributed by atoms with Gasteiger partial charge >= 0.3 is 0 Å². The summed E-state index contributed by atoms with van der Waals surface area (Å²) in [7, 11) is 0. The number of hydrogen-bond donors (Lipinski definition) is 0. The van der Waals surface area contributed by atoms with Crippen molar-refractivity contribution in [1.82, 2.24) is 15.0 Å². The summed E-state index contributed by atoms with van der Waals surface area (Å²) in [5.74, 6) is 1.74. The lowest BCUT2D eigenvalue weighted by molar-refractivity contribution is 0.668. The summed E-state index contributed by atoms with van der Waals surface area (Å²) in [6, 6.07) is 56.6. The summed E-state index contributed by atoms with van der Waals surface area (Å²) in [4.78, 5) is 15.9.